The van der Waals surface area contributed by atoms with Gasteiger partial charge < -0.3 is 5.32 Å². The molecule has 86 valence electrons. The molecule has 2 rings (SSSR count). The number of nitrogens with zero attached hydrogens (tertiary/aromatic N) is 1. The summed E-state index contributed by atoms with van der Waals surface area (Å²) in [6, 6.07) is 2.02. The summed E-state index contributed by atoms with van der Waals surface area (Å²) >= 11 is 12.6. The zero-order chi connectivity index (χ0) is 11.5. The number of hydrogen-bond donors (Lipinski definition) is 1. The van der Waals surface area contributed by atoms with Crippen LogP contribution >= 0.6 is 50.2 Å². The van der Waals surface area contributed by atoms with Crippen LogP contribution in [0.1, 0.15) is 12.6 Å². The third-order valence-corrected chi connectivity index (χ3v) is 5.50. The van der Waals surface area contributed by atoms with Crippen molar-refractivity contribution in [3.05, 3.63) is 25.9 Å². The molecule has 0 aliphatic carbocycles. The first-order valence-corrected chi connectivity index (χ1v) is 7.67. The van der Waals surface area contributed by atoms with Crippen LogP contribution in [0.2, 0.25) is 4.34 Å². The van der Waals surface area contributed by atoms with Crippen molar-refractivity contribution in [3.63, 3.8) is 0 Å². The Morgan fingerprint density at radius 1 is 1.56 bits per heavy atom. The molecular weight excluding hydrogens is 328 g/mol. The molecule has 6 heteroatoms. The number of hydrogen-bond acceptors (Lipinski definition) is 4. The highest BCUT2D eigenvalue weighted by molar-refractivity contribution is 9.10. The summed E-state index contributed by atoms with van der Waals surface area (Å²) in [5.74, 6) is 0. The molecule has 0 radical (unpaired) electrons. The standard InChI is InChI=1S/C10H10BrClN2S2/c1-2-13-4-6-5-15-10(14-6)8-3-7(11)9(12)16-8/h3,5,13H,2,4H2,1H3. The van der Waals surface area contributed by atoms with Crippen LogP contribution in [-0.2, 0) is 6.54 Å². The van der Waals surface area contributed by atoms with E-state index in [-0.39, 0.29) is 0 Å². The van der Waals surface area contributed by atoms with Crippen LogP contribution in [0.4, 0.5) is 0 Å². The third-order valence-electron chi connectivity index (χ3n) is 1.96. The fourth-order valence-corrected chi connectivity index (χ4v) is 3.79. The highest BCUT2D eigenvalue weighted by atomic mass is 79.9. The van der Waals surface area contributed by atoms with Crippen LogP contribution in [-0.4, -0.2) is 11.5 Å². The van der Waals surface area contributed by atoms with E-state index in [0.29, 0.717) is 0 Å². The van der Waals surface area contributed by atoms with Gasteiger partial charge in [0.1, 0.15) is 9.34 Å². The molecule has 0 fully saturated rings. The number of thiophene rings is 1. The van der Waals surface area contributed by atoms with E-state index in [0.717, 1.165) is 37.5 Å². The van der Waals surface area contributed by atoms with Crippen LogP contribution in [0, 0.1) is 0 Å². The molecule has 0 amide bonds. The summed E-state index contributed by atoms with van der Waals surface area (Å²) in [4.78, 5) is 5.67. The van der Waals surface area contributed by atoms with Gasteiger partial charge in [0.25, 0.3) is 0 Å². The Kier molecular flexibility index (Phi) is 4.38. The summed E-state index contributed by atoms with van der Waals surface area (Å²) in [5, 5.41) is 6.37. The normalized spacial score (nSPS) is 10.9. The van der Waals surface area contributed by atoms with E-state index in [1.807, 2.05) is 6.07 Å². The quantitative estimate of drug-likeness (QED) is 0.894. The van der Waals surface area contributed by atoms with E-state index in [4.69, 9.17) is 11.6 Å². The smallest absolute Gasteiger partial charge is 0.133 e. The van der Waals surface area contributed by atoms with Gasteiger partial charge in [0.15, 0.2) is 0 Å². The Hall–Kier alpha value is 0.0600. The Bertz CT molecular complexity index is 461. The maximum atomic E-state index is 6.01. The molecular formula is C10H10BrClN2S2. The summed E-state index contributed by atoms with van der Waals surface area (Å²) in [6.45, 7) is 3.87. The number of thiazole rings is 1. The van der Waals surface area contributed by atoms with Gasteiger partial charge in [0, 0.05) is 16.4 Å². The van der Waals surface area contributed by atoms with Gasteiger partial charge in [-0.05, 0) is 28.5 Å². The molecule has 16 heavy (non-hydrogen) atoms. The minimum atomic E-state index is 0.776. The van der Waals surface area contributed by atoms with Crippen LogP contribution in [0.15, 0.2) is 15.9 Å². The molecule has 0 saturated heterocycles. The number of nitrogens with one attached hydrogen (secondary N) is 1. The summed E-state index contributed by atoms with van der Waals surface area (Å²) in [7, 11) is 0. The van der Waals surface area contributed by atoms with Crippen LogP contribution in [0.3, 0.4) is 0 Å². The van der Waals surface area contributed by atoms with E-state index >= 15 is 0 Å². The Labute approximate surface area is 116 Å². The van der Waals surface area contributed by atoms with Crippen molar-refractivity contribution in [1.29, 1.82) is 0 Å². The van der Waals surface area contributed by atoms with E-state index < -0.39 is 0 Å². The minimum Gasteiger partial charge on any atom is -0.311 e. The Morgan fingerprint density at radius 2 is 2.38 bits per heavy atom. The lowest BCUT2D eigenvalue weighted by atomic mass is 10.4. The minimum absolute atomic E-state index is 0.776. The second-order valence-corrected chi connectivity index (χ2v) is 6.52. The molecule has 0 saturated carbocycles. The van der Waals surface area contributed by atoms with E-state index in [2.05, 4.69) is 38.5 Å². The molecule has 0 unspecified atom stereocenters. The zero-order valence-electron chi connectivity index (χ0n) is 8.59. The molecule has 0 aliphatic heterocycles. The molecule has 2 aromatic rings. The van der Waals surface area contributed by atoms with Crippen LogP contribution < -0.4 is 5.32 Å². The summed E-state index contributed by atoms with van der Waals surface area (Å²) in [6.07, 6.45) is 0. The van der Waals surface area contributed by atoms with Crippen LogP contribution in [0.25, 0.3) is 9.88 Å². The molecule has 0 atom stereocenters. The fourth-order valence-electron chi connectivity index (χ4n) is 1.21. The number of rotatable bonds is 4. The predicted octanol–water partition coefficient (Wildman–Crippen LogP) is 4.40. The third kappa shape index (κ3) is 2.84. The number of aromatic nitrogens is 1. The first-order valence-electron chi connectivity index (χ1n) is 4.81. The Balaban J connectivity index is 2.18. The van der Waals surface area contributed by atoms with Crippen molar-refractivity contribution in [1.82, 2.24) is 10.3 Å². The first-order chi connectivity index (χ1) is 7.70. The van der Waals surface area contributed by atoms with Gasteiger partial charge in [-0.2, -0.15) is 0 Å². The van der Waals surface area contributed by atoms with Gasteiger partial charge in [0.2, 0.25) is 0 Å². The average Bonchev–Trinajstić information content (AvgIpc) is 2.84. The molecule has 2 aromatic heterocycles. The molecule has 0 spiro atoms. The van der Waals surface area contributed by atoms with Crippen molar-refractivity contribution >= 4 is 50.2 Å². The molecule has 2 nitrogen and oxygen atoms in total. The van der Waals surface area contributed by atoms with Crippen molar-refractivity contribution < 1.29 is 0 Å². The lowest BCUT2D eigenvalue weighted by Crippen LogP contribution is -2.11. The first kappa shape index (κ1) is 12.5. The van der Waals surface area contributed by atoms with Gasteiger partial charge >= 0.3 is 0 Å². The van der Waals surface area contributed by atoms with E-state index in [1.54, 1.807) is 22.7 Å². The maximum absolute atomic E-state index is 6.01. The fraction of sp³-hybridized carbons (Fsp3) is 0.300. The molecule has 0 aliphatic rings. The summed E-state index contributed by atoms with van der Waals surface area (Å²) < 4.78 is 1.72. The average molecular weight is 338 g/mol. The molecule has 1 N–H and O–H groups in total. The highest BCUT2D eigenvalue weighted by Crippen LogP contribution is 2.38. The maximum Gasteiger partial charge on any atom is 0.133 e. The van der Waals surface area contributed by atoms with Gasteiger partial charge in [-0.3, -0.25) is 0 Å². The SMILES string of the molecule is CCNCc1csc(-c2cc(Br)c(Cl)s2)n1. The largest absolute Gasteiger partial charge is 0.311 e. The summed E-state index contributed by atoms with van der Waals surface area (Å²) in [5.41, 5.74) is 1.09. The van der Waals surface area contributed by atoms with Crippen LogP contribution in [0.5, 0.6) is 0 Å². The van der Waals surface area contributed by atoms with E-state index in [1.165, 1.54) is 0 Å². The lowest BCUT2D eigenvalue weighted by Gasteiger charge is -1.95. The second-order valence-electron chi connectivity index (χ2n) is 3.16. The van der Waals surface area contributed by atoms with Crippen molar-refractivity contribution in [2.24, 2.45) is 0 Å². The lowest BCUT2D eigenvalue weighted by molar-refractivity contribution is 0.715. The van der Waals surface area contributed by atoms with Gasteiger partial charge in [-0.25, -0.2) is 4.98 Å². The van der Waals surface area contributed by atoms with Gasteiger partial charge in [-0.1, -0.05) is 18.5 Å². The monoisotopic (exact) mass is 336 g/mol. The van der Waals surface area contributed by atoms with Crippen molar-refractivity contribution in [2.45, 2.75) is 13.5 Å². The molecule has 0 aromatic carbocycles. The predicted molar refractivity (Wildman–Crippen MR) is 75.5 cm³/mol. The molecule has 0 bridgehead atoms. The number of halogens is 2. The molecule has 2 heterocycles. The highest BCUT2D eigenvalue weighted by Gasteiger charge is 2.10. The van der Waals surface area contributed by atoms with Gasteiger partial charge in [0.05, 0.1) is 10.6 Å². The van der Waals surface area contributed by atoms with Gasteiger partial charge in [-0.15, -0.1) is 22.7 Å². The topological polar surface area (TPSA) is 24.9 Å². The Morgan fingerprint density at radius 3 is 3.00 bits per heavy atom. The van der Waals surface area contributed by atoms with E-state index in [9.17, 15) is 0 Å². The zero-order valence-corrected chi connectivity index (χ0v) is 12.6. The second kappa shape index (κ2) is 5.60. The van der Waals surface area contributed by atoms with Crippen molar-refractivity contribution in [2.75, 3.05) is 6.54 Å². The van der Waals surface area contributed by atoms with Crippen molar-refractivity contribution in [3.8, 4) is 9.88 Å².